The first-order valence-corrected chi connectivity index (χ1v) is 6.73. The summed E-state index contributed by atoms with van der Waals surface area (Å²) >= 11 is 0. The van der Waals surface area contributed by atoms with Gasteiger partial charge in [-0.2, -0.15) is 0 Å². The Balaban J connectivity index is 1.97. The number of nitro benzene ring substituents is 1. The van der Waals surface area contributed by atoms with Gasteiger partial charge in [-0.15, -0.1) is 0 Å². The van der Waals surface area contributed by atoms with Crippen LogP contribution < -0.4 is 14.2 Å². The van der Waals surface area contributed by atoms with Gasteiger partial charge in [0.2, 0.25) is 0 Å². The molecule has 2 rings (SSSR count). The van der Waals surface area contributed by atoms with Crippen LogP contribution in [0, 0.1) is 17.0 Å². The molecule has 0 unspecified atom stereocenters. The van der Waals surface area contributed by atoms with E-state index in [2.05, 4.69) is 0 Å². The van der Waals surface area contributed by atoms with Crippen LogP contribution in [0.3, 0.4) is 0 Å². The zero-order valence-electron chi connectivity index (χ0n) is 12.6. The number of benzene rings is 2. The van der Waals surface area contributed by atoms with Crippen LogP contribution >= 0.6 is 0 Å². The minimum atomic E-state index is -0.621. The fraction of sp³-hybridized carbons (Fsp3) is 0.188. The van der Waals surface area contributed by atoms with Gasteiger partial charge in [-0.05, 0) is 31.2 Å². The molecule has 0 fully saturated rings. The molecule has 0 aliphatic heterocycles. The summed E-state index contributed by atoms with van der Waals surface area (Å²) in [5.74, 6) is 0.532. The molecule has 0 heterocycles. The van der Waals surface area contributed by atoms with Gasteiger partial charge >= 0.3 is 5.97 Å². The van der Waals surface area contributed by atoms with Gasteiger partial charge in [0.05, 0.1) is 12.0 Å². The highest BCUT2D eigenvalue weighted by Gasteiger charge is 2.13. The predicted octanol–water partition coefficient (Wildman–Crippen LogP) is 2.90. The third kappa shape index (κ3) is 4.19. The number of esters is 1. The molecular weight excluding hydrogens is 302 g/mol. The maximum Gasteiger partial charge on any atom is 0.349 e. The van der Waals surface area contributed by atoms with Crippen LogP contribution in [0.1, 0.15) is 5.56 Å². The summed E-state index contributed by atoms with van der Waals surface area (Å²) in [6, 6.07) is 11.0. The van der Waals surface area contributed by atoms with Crippen LogP contribution in [0.2, 0.25) is 0 Å². The van der Waals surface area contributed by atoms with Crippen molar-refractivity contribution < 1.29 is 23.9 Å². The Morgan fingerprint density at radius 2 is 1.87 bits per heavy atom. The van der Waals surface area contributed by atoms with E-state index < -0.39 is 10.9 Å². The van der Waals surface area contributed by atoms with Crippen molar-refractivity contribution >= 4 is 11.7 Å². The van der Waals surface area contributed by atoms with Gasteiger partial charge in [-0.25, -0.2) is 4.79 Å². The zero-order valence-corrected chi connectivity index (χ0v) is 12.6. The lowest BCUT2D eigenvalue weighted by Crippen LogP contribution is -2.18. The topological polar surface area (TPSA) is 87.9 Å². The summed E-state index contributed by atoms with van der Waals surface area (Å²) in [6.07, 6.45) is 0. The molecule has 0 aromatic heterocycles. The number of hydrogen-bond donors (Lipinski definition) is 0. The van der Waals surface area contributed by atoms with Crippen LogP contribution in [0.4, 0.5) is 5.69 Å². The van der Waals surface area contributed by atoms with E-state index in [4.69, 9.17) is 14.2 Å². The van der Waals surface area contributed by atoms with E-state index in [0.717, 1.165) is 0 Å². The summed E-state index contributed by atoms with van der Waals surface area (Å²) in [4.78, 5) is 22.0. The predicted molar refractivity (Wildman–Crippen MR) is 82.0 cm³/mol. The molecule has 7 heteroatoms. The van der Waals surface area contributed by atoms with Crippen molar-refractivity contribution in [2.75, 3.05) is 13.7 Å². The molecule has 0 saturated heterocycles. The number of aryl methyl sites for hydroxylation is 1. The number of rotatable bonds is 6. The zero-order chi connectivity index (χ0) is 16.8. The number of carbonyl (C=O) groups is 1. The normalized spacial score (nSPS) is 10.0. The molecule has 0 atom stereocenters. The van der Waals surface area contributed by atoms with Gasteiger partial charge in [-0.1, -0.05) is 12.1 Å². The first-order chi connectivity index (χ1) is 11.0. The van der Waals surface area contributed by atoms with Gasteiger partial charge in [-0.3, -0.25) is 10.1 Å². The second-order valence-corrected chi connectivity index (χ2v) is 4.62. The van der Waals surface area contributed by atoms with Crippen LogP contribution in [0.5, 0.6) is 17.2 Å². The molecule has 0 bridgehead atoms. The molecule has 0 aliphatic carbocycles. The quantitative estimate of drug-likeness (QED) is 0.352. The third-order valence-electron chi connectivity index (χ3n) is 3.01. The number of hydrogen-bond acceptors (Lipinski definition) is 6. The molecular formula is C16H15NO6. The Kier molecular flexibility index (Phi) is 5.14. The molecule has 0 spiro atoms. The fourth-order valence-corrected chi connectivity index (χ4v) is 1.93. The highest BCUT2D eigenvalue weighted by Crippen LogP contribution is 2.26. The average molecular weight is 317 g/mol. The van der Waals surface area contributed by atoms with Crippen molar-refractivity contribution in [2.24, 2.45) is 0 Å². The number of nitro groups is 1. The molecule has 2 aromatic rings. The lowest BCUT2D eigenvalue weighted by molar-refractivity contribution is -0.385. The van der Waals surface area contributed by atoms with Gasteiger partial charge < -0.3 is 14.2 Å². The van der Waals surface area contributed by atoms with E-state index in [1.807, 2.05) is 0 Å². The lowest BCUT2D eigenvalue weighted by Gasteiger charge is -2.10. The third-order valence-corrected chi connectivity index (χ3v) is 3.01. The lowest BCUT2D eigenvalue weighted by atomic mass is 10.2. The Morgan fingerprint density at radius 1 is 1.17 bits per heavy atom. The minimum absolute atomic E-state index is 0.0323. The molecule has 0 radical (unpaired) electrons. The standard InChI is InChI=1S/C16H15NO6/c1-11-9-12(7-8-13(11)17(19)20)23-16(18)10-22-15-6-4-3-5-14(15)21-2/h3-9H,10H2,1-2H3. The number of methoxy groups -OCH3 is 1. The molecule has 2 aromatic carbocycles. The van der Waals surface area contributed by atoms with Crippen LogP contribution in [0.15, 0.2) is 42.5 Å². The van der Waals surface area contributed by atoms with Crippen molar-refractivity contribution in [3.8, 4) is 17.2 Å². The maximum absolute atomic E-state index is 11.8. The average Bonchev–Trinajstić information content (AvgIpc) is 2.53. The monoisotopic (exact) mass is 317 g/mol. The van der Waals surface area contributed by atoms with Crippen molar-refractivity contribution in [3.05, 3.63) is 58.1 Å². The van der Waals surface area contributed by atoms with E-state index in [1.54, 1.807) is 31.2 Å². The number of nitrogens with zero attached hydrogens (tertiary/aromatic N) is 1. The highest BCUT2D eigenvalue weighted by atomic mass is 16.6. The van der Waals surface area contributed by atoms with Gasteiger partial charge in [0, 0.05) is 11.6 Å². The number of ether oxygens (including phenoxy) is 3. The van der Waals surface area contributed by atoms with E-state index >= 15 is 0 Å². The summed E-state index contributed by atoms with van der Waals surface area (Å²) in [5, 5.41) is 10.7. The van der Waals surface area contributed by atoms with Crippen molar-refractivity contribution in [1.82, 2.24) is 0 Å². The smallest absolute Gasteiger partial charge is 0.349 e. The molecule has 23 heavy (non-hydrogen) atoms. The highest BCUT2D eigenvalue weighted by molar-refractivity contribution is 5.74. The van der Waals surface area contributed by atoms with E-state index in [1.165, 1.54) is 25.3 Å². The first kappa shape index (κ1) is 16.3. The summed E-state index contributed by atoms with van der Waals surface area (Å²) in [6.45, 7) is 1.26. The van der Waals surface area contributed by atoms with Crippen molar-refractivity contribution in [2.45, 2.75) is 6.92 Å². The van der Waals surface area contributed by atoms with Gasteiger partial charge in [0.25, 0.3) is 5.69 Å². The molecule has 0 N–H and O–H groups in total. The van der Waals surface area contributed by atoms with E-state index in [9.17, 15) is 14.9 Å². The van der Waals surface area contributed by atoms with Crippen molar-refractivity contribution in [1.29, 1.82) is 0 Å². The van der Waals surface area contributed by atoms with E-state index in [0.29, 0.717) is 17.1 Å². The number of carbonyl (C=O) groups excluding carboxylic acids is 1. The summed E-state index contributed by atoms with van der Waals surface area (Å²) < 4.78 is 15.6. The molecule has 7 nitrogen and oxygen atoms in total. The minimum Gasteiger partial charge on any atom is -0.493 e. The van der Waals surface area contributed by atoms with Crippen LogP contribution in [0.25, 0.3) is 0 Å². The van der Waals surface area contributed by atoms with Gasteiger partial charge in [0.15, 0.2) is 18.1 Å². The Labute approximate surface area is 132 Å². The van der Waals surface area contributed by atoms with E-state index in [-0.39, 0.29) is 18.0 Å². The maximum atomic E-state index is 11.8. The Bertz CT molecular complexity index is 728. The van der Waals surface area contributed by atoms with Crippen molar-refractivity contribution in [3.63, 3.8) is 0 Å². The molecule has 0 aliphatic rings. The largest absolute Gasteiger partial charge is 0.493 e. The second kappa shape index (κ2) is 7.26. The first-order valence-electron chi connectivity index (χ1n) is 6.73. The Hall–Kier alpha value is -3.09. The van der Waals surface area contributed by atoms with Crippen LogP contribution in [-0.4, -0.2) is 24.6 Å². The summed E-state index contributed by atoms with van der Waals surface area (Å²) in [7, 11) is 1.50. The number of para-hydroxylation sites is 2. The van der Waals surface area contributed by atoms with Crippen LogP contribution in [-0.2, 0) is 4.79 Å². The summed E-state index contributed by atoms with van der Waals surface area (Å²) in [5.41, 5.74) is 0.376. The van der Waals surface area contributed by atoms with Gasteiger partial charge in [0.1, 0.15) is 5.75 Å². The molecule has 0 amide bonds. The fourth-order valence-electron chi connectivity index (χ4n) is 1.93. The molecule has 0 saturated carbocycles. The second-order valence-electron chi connectivity index (χ2n) is 4.62. The SMILES string of the molecule is COc1ccccc1OCC(=O)Oc1ccc([N+](=O)[O-])c(C)c1. The molecule has 120 valence electrons. The Morgan fingerprint density at radius 3 is 2.48 bits per heavy atom.